The van der Waals surface area contributed by atoms with Crippen molar-refractivity contribution in [2.24, 2.45) is 0 Å². The van der Waals surface area contributed by atoms with E-state index in [1.165, 1.54) is 0 Å². The smallest absolute Gasteiger partial charge is 0.380 e. The molecule has 1 fully saturated rings. The number of anilines is 1. The number of carbonyl (C=O) groups excluding carboxylic acids is 2. The van der Waals surface area contributed by atoms with E-state index in [4.69, 9.17) is 4.74 Å². The zero-order valence-electron chi connectivity index (χ0n) is 13.4. The van der Waals surface area contributed by atoms with Gasteiger partial charge in [0.05, 0.1) is 5.57 Å². The average Bonchev–Trinajstić information content (AvgIpc) is 2.90. The number of hydrogen-bond donors (Lipinski definition) is 1. The number of hydrogen-bond acceptors (Lipinski definition) is 5. The Labute approximate surface area is 139 Å². The fourth-order valence-corrected chi connectivity index (χ4v) is 2.61. The Balaban J connectivity index is 2.06. The van der Waals surface area contributed by atoms with Gasteiger partial charge in [-0.05, 0) is 17.7 Å². The van der Waals surface area contributed by atoms with Crippen LogP contribution in [0.15, 0.2) is 60.2 Å². The van der Waals surface area contributed by atoms with Crippen LogP contribution in [0.3, 0.4) is 0 Å². The maximum Gasteiger partial charge on any atom is 0.380 e. The first-order valence-corrected chi connectivity index (χ1v) is 7.50. The molecule has 3 rings (SSSR count). The molecule has 1 atom stereocenters. The molecule has 5 heteroatoms. The molecule has 1 aliphatic heterocycles. The van der Waals surface area contributed by atoms with Crippen molar-refractivity contribution in [3.05, 3.63) is 71.3 Å². The molecule has 24 heavy (non-hydrogen) atoms. The van der Waals surface area contributed by atoms with Gasteiger partial charge in [-0.15, -0.1) is 0 Å². The Hall–Kier alpha value is -3.08. The first-order chi connectivity index (χ1) is 11.5. The van der Waals surface area contributed by atoms with E-state index in [2.05, 4.69) is 0 Å². The molecule has 1 N–H and O–H groups in total. The minimum Gasteiger partial charge on any atom is -0.507 e. The predicted molar refractivity (Wildman–Crippen MR) is 90.6 cm³/mol. The lowest BCUT2D eigenvalue weighted by atomic mass is 9.96. The molecule has 2 aromatic rings. The van der Waals surface area contributed by atoms with Gasteiger partial charge in [-0.1, -0.05) is 42.5 Å². The van der Waals surface area contributed by atoms with E-state index in [-0.39, 0.29) is 11.3 Å². The van der Waals surface area contributed by atoms with Crippen LogP contribution in [0.5, 0.6) is 0 Å². The highest BCUT2D eigenvalue weighted by Gasteiger charge is 2.42. The van der Waals surface area contributed by atoms with Gasteiger partial charge in [-0.25, -0.2) is 4.79 Å². The molecular formula is C19H17NO4. The molecule has 5 nitrogen and oxygen atoms in total. The summed E-state index contributed by atoms with van der Waals surface area (Å²) in [6.45, 7) is 0. The van der Waals surface area contributed by atoms with Crippen LogP contribution in [-0.2, 0) is 14.3 Å². The summed E-state index contributed by atoms with van der Waals surface area (Å²) in [6, 6.07) is 15.9. The van der Waals surface area contributed by atoms with E-state index in [0.29, 0.717) is 11.1 Å². The fourth-order valence-electron chi connectivity index (χ4n) is 2.61. The number of benzene rings is 2. The molecule has 0 unspecified atom stereocenters. The van der Waals surface area contributed by atoms with Crippen LogP contribution in [0.1, 0.15) is 17.2 Å². The number of carbonyl (C=O) groups is 2. The SMILES string of the molecule is CN(C)c1ccc([C@@H]2OC(=O)C(=O)C2=C(O)c2ccccc2)cc1. The van der Waals surface area contributed by atoms with Crippen LogP contribution >= 0.6 is 0 Å². The van der Waals surface area contributed by atoms with Crippen molar-refractivity contribution in [2.45, 2.75) is 6.10 Å². The zero-order chi connectivity index (χ0) is 17.3. The first kappa shape index (κ1) is 15.8. The number of aliphatic hydroxyl groups is 1. The number of ether oxygens (including phenoxy) is 1. The van der Waals surface area contributed by atoms with Crippen molar-refractivity contribution in [3.8, 4) is 0 Å². The van der Waals surface area contributed by atoms with Gasteiger partial charge in [-0.2, -0.15) is 0 Å². The fraction of sp³-hybridized carbons (Fsp3) is 0.158. The third kappa shape index (κ3) is 2.76. The highest BCUT2D eigenvalue weighted by Crippen LogP contribution is 2.37. The van der Waals surface area contributed by atoms with Gasteiger partial charge < -0.3 is 14.7 Å². The maximum absolute atomic E-state index is 12.2. The minimum atomic E-state index is -0.950. The number of esters is 1. The molecule has 0 spiro atoms. The van der Waals surface area contributed by atoms with Crippen molar-refractivity contribution in [2.75, 3.05) is 19.0 Å². The molecule has 122 valence electrons. The van der Waals surface area contributed by atoms with Crippen LogP contribution in [-0.4, -0.2) is 31.0 Å². The van der Waals surface area contributed by atoms with Crippen molar-refractivity contribution < 1.29 is 19.4 Å². The standard InChI is InChI=1S/C19H17NO4/c1-20(2)14-10-8-13(9-11-14)18-15(17(22)19(23)24-18)16(21)12-6-4-3-5-7-12/h3-11,18,21H,1-2H3/t18-/m0/s1. The molecule has 2 aromatic carbocycles. The van der Waals surface area contributed by atoms with Crippen LogP contribution in [0.4, 0.5) is 5.69 Å². The summed E-state index contributed by atoms with van der Waals surface area (Å²) in [5, 5.41) is 10.5. The molecule has 0 bridgehead atoms. The summed E-state index contributed by atoms with van der Waals surface area (Å²) in [7, 11) is 3.83. The number of Topliss-reactive ketones (excluding diaryl/α,β-unsaturated/α-hetero) is 1. The lowest BCUT2D eigenvalue weighted by Gasteiger charge is -2.16. The van der Waals surface area contributed by atoms with Gasteiger partial charge in [0, 0.05) is 25.3 Å². The second kappa shape index (κ2) is 6.20. The Morgan fingerprint density at radius 1 is 1.00 bits per heavy atom. The Bertz CT molecular complexity index is 807. The Morgan fingerprint density at radius 3 is 2.21 bits per heavy atom. The summed E-state index contributed by atoms with van der Waals surface area (Å²) in [5.74, 6) is -1.99. The minimum absolute atomic E-state index is 0.0243. The Kier molecular flexibility index (Phi) is 4.08. The predicted octanol–water partition coefficient (Wildman–Crippen LogP) is 2.89. The summed E-state index contributed by atoms with van der Waals surface area (Å²) >= 11 is 0. The number of nitrogens with zero attached hydrogens (tertiary/aromatic N) is 1. The van der Waals surface area contributed by atoms with E-state index in [1.54, 1.807) is 42.5 Å². The van der Waals surface area contributed by atoms with Gasteiger partial charge in [0.25, 0.3) is 5.78 Å². The van der Waals surface area contributed by atoms with E-state index in [1.807, 2.05) is 31.1 Å². The van der Waals surface area contributed by atoms with Gasteiger partial charge in [-0.3, -0.25) is 4.79 Å². The third-order valence-corrected chi connectivity index (χ3v) is 3.93. The maximum atomic E-state index is 12.2. The summed E-state index contributed by atoms with van der Waals surface area (Å²) in [5.41, 5.74) is 2.06. The van der Waals surface area contributed by atoms with E-state index >= 15 is 0 Å². The van der Waals surface area contributed by atoms with Crippen molar-refractivity contribution >= 4 is 23.2 Å². The topological polar surface area (TPSA) is 66.8 Å². The normalized spacial score (nSPS) is 19.2. The van der Waals surface area contributed by atoms with Crippen LogP contribution < -0.4 is 4.90 Å². The Morgan fingerprint density at radius 2 is 1.62 bits per heavy atom. The molecule has 1 saturated heterocycles. The van der Waals surface area contributed by atoms with Gasteiger partial charge in [0.2, 0.25) is 0 Å². The van der Waals surface area contributed by atoms with E-state index < -0.39 is 17.9 Å². The molecule has 0 radical (unpaired) electrons. The zero-order valence-corrected chi connectivity index (χ0v) is 13.4. The number of rotatable bonds is 3. The van der Waals surface area contributed by atoms with Crippen LogP contribution in [0.2, 0.25) is 0 Å². The van der Waals surface area contributed by atoms with Crippen molar-refractivity contribution in [1.82, 2.24) is 0 Å². The highest BCUT2D eigenvalue weighted by molar-refractivity contribution is 6.44. The molecule has 0 saturated carbocycles. The first-order valence-electron chi connectivity index (χ1n) is 7.50. The van der Waals surface area contributed by atoms with E-state index in [0.717, 1.165) is 5.69 Å². The van der Waals surface area contributed by atoms with Crippen LogP contribution in [0.25, 0.3) is 5.76 Å². The molecule has 0 amide bonds. The average molecular weight is 323 g/mol. The van der Waals surface area contributed by atoms with Gasteiger partial charge >= 0.3 is 5.97 Å². The van der Waals surface area contributed by atoms with Gasteiger partial charge in [0.1, 0.15) is 5.76 Å². The van der Waals surface area contributed by atoms with E-state index in [9.17, 15) is 14.7 Å². The van der Waals surface area contributed by atoms with Gasteiger partial charge in [0.15, 0.2) is 6.10 Å². The molecule has 0 aliphatic carbocycles. The number of ketones is 1. The van der Waals surface area contributed by atoms with Crippen LogP contribution in [0, 0.1) is 0 Å². The third-order valence-electron chi connectivity index (χ3n) is 3.93. The second-order valence-electron chi connectivity index (χ2n) is 5.73. The molecule has 0 aromatic heterocycles. The highest BCUT2D eigenvalue weighted by atomic mass is 16.6. The summed E-state index contributed by atoms with van der Waals surface area (Å²) in [4.78, 5) is 25.9. The second-order valence-corrected chi connectivity index (χ2v) is 5.73. The molecular weight excluding hydrogens is 306 g/mol. The summed E-state index contributed by atoms with van der Waals surface area (Å²) in [6.07, 6.45) is -0.901. The lowest BCUT2D eigenvalue weighted by Crippen LogP contribution is -2.09. The summed E-state index contributed by atoms with van der Waals surface area (Å²) < 4.78 is 5.20. The molecule has 1 heterocycles. The van der Waals surface area contributed by atoms with Crippen molar-refractivity contribution in [1.29, 1.82) is 0 Å². The van der Waals surface area contributed by atoms with Crippen molar-refractivity contribution in [3.63, 3.8) is 0 Å². The lowest BCUT2D eigenvalue weighted by molar-refractivity contribution is -0.149. The monoisotopic (exact) mass is 323 g/mol. The number of aliphatic hydroxyl groups excluding tert-OH is 1. The quantitative estimate of drug-likeness (QED) is 0.407. The molecule has 1 aliphatic rings. The largest absolute Gasteiger partial charge is 0.507 e. The number of cyclic esters (lactones) is 1.